The highest BCUT2D eigenvalue weighted by atomic mass is 32.2. The van der Waals surface area contributed by atoms with Crippen molar-refractivity contribution >= 4 is 9.84 Å². The van der Waals surface area contributed by atoms with E-state index in [1.54, 1.807) is 18.2 Å². The Bertz CT molecular complexity index is 1030. The molecule has 9 heteroatoms. The second-order valence-electron chi connectivity index (χ2n) is 5.04. The maximum absolute atomic E-state index is 13.6. The molecule has 0 aliphatic carbocycles. The third-order valence-corrected chi connectivity index (χ3v) is 5.15. The lowest BCUT2D eigenvalue weighted by Gasteiger charge is -2.09. The van der Waals surface area contributed by atoms with Gasteiger partial charge in [0.25, 0.3) is 11.9 Å². The molecule has 0 radical (unpaired) electrons. The van der Waals surface area contributed by atoms with Crippen LogP contribution in [0.1, 0.15) is 0 Å². The van der Waals surface area contributed by atoms with Crippen molar-refractivity contribution in [1.82, 2.24) is 4.98 Å². The van der Waals surface area contributed by atoms with Crippen LogP contribution in [0.15, 0.2) is 64.4 Å². The summed E-state index contributed by atoms with van der Waals surface area (Å²) in [6, 6.07) is 12.1. The molecule has 2 aromatic carbocycles. The second kappa shape index (κ2) is 6.75. The van der Waals surface area contributed by atoms with Gasteiger partial charge in [-0.2, -0.15) is 22.5 Å². The summed E-state index contributed by atoms with van der Waals surface area (Å²) in [7, 11) is -3.79. The zero-order valence-corrected chi connectivity index (χ0v) is 13.6. The molecular weight excluding hydrogens is 374 g/mol. The molecule has 3 aromatic rings. The van der Waals surface area contributed by atoms with E-state index >= 15 is 0 Å². The predicted molar refractivity (Wildman–Crippen MR) is 82.5 cm³/mol. The minimum atomic E-state index is -3.79. The molecule has 0 aliphatic heterocycles. The number of ether oxygens (including phenoxy) is 1. The van der Waals surface area contributed by atoms with E-state index in [0.29, 0.717) is 0 Å². The normalized spacial score (nSPS) is 11.4. The largest absolute Gasteiger partial charge is 0.451 e. The average molecular weight is 383 g/mol. The summed E-state index contributed by atoms with van der Waals surface area (Å²) in [5.74, 6) is -8.85. The van der Waals surface area contributed by atoms with Crippen LogP contribution >= 0.6 is 0 Å². The van der Waals surface area contributed by atoms with E-state index in [-0.39, 0.29) is 15.5 Å². The van der Waals surface area contributed by atoms with Crippen molar-refractivity contribution in [1.29, 1.82) is 0 Å². The van der Waals surface area contributed by atoms with E-state index in [0.717, 1.165) is 24.3 Å². The molecule has 1 aromatic heterocycles. The monoisotopic (exact) mass is 383 g/mol. The Morgan fingerprint density at radius 2 is 1.23 bits per heavy atom. The van der Waals surface area contributed by atoms with Gasteiger partial charge in [0.1, 0.15) is 5.75 Å². The second-order valence-corrected chi connectivity index (χ2v) is 6.99. The molecule has 3 rings (SSSR count). The molecule has 26 heavy (non-hydrogen) atoms. The molecule has 0 N–H and O–H groups in total. The third kappa shape index (κ3) is 3.25. The Morgan fingerprint density at radius 3 is 1.77 bits per heavy atom. The number of hydrogen-bond acceptors (Lipinski definition) is 4. The van der Waals surface area contributed by atoms with Crippen LogP contribution in [0.4, 0.5) is 17.6 Å². The highest BCUT2D eigenvalue weighted by Crippen LogP contribution is 2.30. The lowest BCUT2D eigenvalue weighted by atomic mass is 10.3. The summed E-state index contributed by atoms with van der Waals surface area (Å²) in [5, 5.41) is 0. The summed E-state index contributed by atoms with van der Waals surface area (Å²) in [6.45, 7) is 0. The number of nitrogens with zero attached hydrogens (tertiary/aromatic N) is 1. The molecule has 134 valence electrons. The molecule has 0 bridgehead atoms. The lowest BCUT2D eigenvalue weighted by molar-refractivity contribution is 0.343. The van der Waals surface area contributed by atoms with Crippen molar-refractivity contribution in [2.45, 2.75) is 9.79 Å². The Hall–Kier alpha value is -2.94. The first-order chi connectivity index (χ1) is 12.3. The van der Waals surface area contributed by atoms with E-state index in [1.165, 1.54) is 12.1 Å². The Balaban J connectivity index is 1.93. The van der Waals surface area contributed by atoms with Gasteiger partial charge in [-0.05, 0) is 36.4 Å². The molecule has 0 unspecified atom stereocenters. The number of pyridine rings is 1. The quantitative estimate of drug-likeness (QED) is 0.499. The van der Waals surface area contributed by atoms with E-state index in [1.807, 2.05) is 0 Å². The minimum absolute atomic E-state index is 0.0593. The zero-order chi connectivity index (χ0) is 18.9. The molecule has 0 saturated heterocycles. The highest BCUT2D eigenvalue weighted by Gasteiger charge is 2.23. The smallest absolute Gasteiger partial charge is 0.255 e. The molecule has 0 saturated carbocycles. The standard InChI is InChI=1S/C17H9F4NO3S/c18-13-15(14(19)17(21)22-16(13)20)25-10-6-8-12(9-7-10)26(23,24)11-4-2-1-3-5-11/h1-9H. The van der Waals surface area contributed by atoms with Crippen molar-refractivity contribution in [2.24, 2.45) is 0 Å². The van der Waals surface area contributed by atoms with Crippen LogP contribution in [0.2, 0.25) is 0 Å². The van der Waals surface area contributed by atoms with Crippen LogP contribution in [0.25, 0.3) is 0 Å². The summed E-state index contributed by atoms with van der Waals surface area (Å²) < 4.78 is 82.9. The molecule has 1 heterocycles. The van der Waals surface area contributed by atoms with Crippen LogP contribution in [0, 0.1) is 23.5 Å². The van der Waals surface area contributed by atoms with Gasteiger partial charge in [-0.3, -0.25) is 0 Å². The van der Waals surface area contributed by atoms with Crippen LogP contribution in [0.3, 0.4) is 0 Å². The molecule has 0 spiro atoms. The molecule has 0 amide bonds. The van der Waals surface area contributed by atoms with Crippen LogP contribution in [0.5, 0.6) is 11.5 Å². The van der Waals surface area contributed by atoms with Crippen molar-refractivity contribution < 1.29 is 30.7 Å². The molecule has 0 fully saturated rings. The van der Waals surface area contributed by atoms with Gasteiger partial charge in [0.15, 0.2) is 0 Å². The van der Waals surface area contributed by atoms with Crippen molar-refractivity contribution in [3.8, 4) is 11.5 Å². The topological polar surface area (TPSA) is 56.3 Å². The van der Waals surface area contributed by atoms with Crippen LogP contribution in [-0.2, 0) is 9.84 Å². The Labute approximate surface area is 145 Å². The Morgan fingerprint density at radius 1 is 0.731 bits per heavy atom. The third-order valence-electron chi connectivity index (χ3n) is 3.36. The van der Waals surface area contributed by atoms with Gasteiger partial charge >= 0.3 is 0 Å². The van der Waals surface area contributed by atoms with E-state index in [4.69, 9.17) is 4.74 Å². The van der Waals surface area contributed by atoms with Gasteiger partial charge in [0.05, 0.1) is 9.79 Å². The van der Waals surface area contributed by atoms with Gasteiger partial charge in [-0.15, -0.1) is 0 Å². The first-order valence-electron chi connectivity index (χ1n) is 7.09. The lowest BCUT2D eigenvalue weighted by Crippen LogP contribution is -2.04. The van der Waals surface area contributed by atoms with E-state index in [9.17, 15) is 26.0 Å². The Kier molecular flexibility index (Phi) is 4.64. The van der Waals surface area contributed by atoms with Crippen molar-refractivity contribution in [3.63, 3.8) is 0 Å². The molecular formula is C17H9F4NO3S. The summed E-state index contributed by atoms with van der Waals surface area (Å²) in [6.07, 6.45) is 0. The van der Waals surface area contributed by atoms with Crippen molar-refractivity contribution in [3.05, 3.63) is 78.1 Å². The van der Waals surface area contributed by atoms with Gasteiger partial charge in [-0.25, -0.2) is 8.42 Å². The number of rotatable bonds is 4. The van der Waals surface area contributed by atoms with Gasteiger partial charge in [0, 0.05) is 0 Å². The SMILES string of the molecule is O=S(=O)(c1ccccc1)c1ccc(Oc2c(F)c(F)nc(F)c2F)cc1. The van der Waals surface area contributed by atoms with Gasteiger partial charge < -0.3 is 4.74 Å². The molecule has 4 nitrogen and oxygen atoms in total. The number of benzene rings is 2. The number of halogens is 4. The summed E-state index contributed by atoms with van der Waals surface area (Å²) in [5.41, 5.74) is 0. The predicted octanol–water partition coefficient (Wildman–Crippen LogP) is 4.26. The first kappa shape index (κ1) is 17.9. The maximum atomic E-state index is 13.6. The van der Waals surface area contributed by atoms with Gasteiger partial charge in [-0.1, -0.05) is 18.2 Å². The van der Waals surface area contributed by atoms with Crippen LogP contribution in [-0.4, -0.2) is 13.4 Å². The van der Waals surface area contributed by atoms with E-state index in [2.05, 4.69) is 4.98 Å². The zero-order valence-electron chi connectivity index (χ0n) is 12.8. The fourth-order valence-corrected chi connectivity index (χ4v) is 3.38. The fraction of sp³-hybridized carbons (Fsp3) is 0. The maximum Gasteiger partial charge on any atom is 0.255 e. The average Bonchev–Trinajstić information content (AvgIpc) is 2.65. The fourth-order valence-electron chi connectivity index (χ4n) is 2.10. The minimum Gasteiger partial charge on any atom is -0.451 e. The highest BCUT2D eigenvalue weighted by molar-refractivity contribution is 7.91. The van der Waals surface area contributed by atoms with Crippen molar-refractivity contribution in [2.75, 3.05) is 0 Å². The number of hydrogen-bond donors (Lipinski definition) is 0. The van der Waals surface area contributed by atoms with Crippen LogP contribution < -0.4 is 4.74 Å². The van der Waals surface area contributed by atoms with Gasteiger partial charge in [0.2, 0.25) is 27.2 Å². The molecule has 0 atom stereocenters. The first-order valence-corrected chi connectivity index (χ1v) is 8.57. The van der Waals surface area contributed by atoms with E-state index < -0.39 is 39.1 Å². The summed E-state index contributed by atoms with van der Waals surface area (Å²) in [4.78, 5) is 2.38. The molecule has 0 aliphatic rings. The summed E-state index contributed by atoms with van der Waals surface area (Å²) >= 11 is 0. The number of sulfone groups is 1. The number of aromatic nitrogens is 1.